The van der Waals surface area contributed by atoms with Crippen molar-refractivity contribution in [2.75, 3.05) is 17.7 Å². The number of rotatable bonds is 7. The van der Waals surface area contributed by atoms with Crippen LogP contribution in [0.1, 0.15) is 16.8 Å². The number of hydrogen-bond donors (Lipinski definition) is 3. The highest BCUT2D eigenvalue weighted by molar-refractivity contribution is 6.60. The molecule has 30 heavy (non-hydrogen) atoms. The first-order valence-corrected chi connectivity index (χ1v) is 9.63. The molecule has 0 spiro atoms. The lowest BCUT2D eigenvalue weighted by Crippen LogP contribution is -2.40. The molecule has 0 saturated heterocycles. The number of nitrogens with one attached hydrogen (secondary N) is 3. The number of hydrogen-bond acceptors (Lipinski definition) is 7. The lowest BCUT2D eigenvalue weighted by molar-refractivity contribution is 0.0949. The van der Waals surface area contributed by atoms with Crippen molar-refractivity contribution in [3.8, 4) is 5.88 Å². The molecule has 0 unspecified atom stereocenters. The van der Waals surface area contributed by atoms with Crippen LogP contribution in [0.5, 0.6) is 5.88 Å². The Hall–Kier alpha value is -3.24. The Balaban J connectivity index is 1.75. The van der Waals surface area contributed by atoms with E-state index in [9.17, 15) is 9.18 Å². The first-order valence-electron chi connectivity index (χ1n) is 9.63. The Labute approximate surface area is 175 Å². The number of fused-ring (bicyclic) bond motifs is 1. The highest BCUT2D eigenvalue weighted by atomic mass is 19.1. The van der Waals surface area contributed by atoms with Gasteiger partial charge in [-0.25, -0.2) is 14.4 Å². The second kappa shape index (κ2) is 7.54. The summed E-state index contributed by atoms with van der Waals surface area (Å²) in [5, 5.41) is 13.3. The molecule has 1 aliphatic carbocycles. The maximum absolute atomic E-state index is 13.2. The summed E-state index contributed by atoms with van der Waals surface area (Å²) in [6.07, 6.45) is 2.42. The third-order valence-corrected chi connectivity index (χ3v) is 4.48. The second-order valence-electron chi connectivity index (χ2n) is 8.21. The summed E-state index contributed by atoms with van der Waals surface area (Å²) < 4.78 is 20.1. The number of ether oxygens (including phenoxy) is 1. The van der Waals surface area contributed by atoms with E-state index >= 15 is 0 Å². The zero-order valence-corrected chi connectivity index (χ0v) is 17.2. The van der Waals surface area contributed by atoms with Gasteiger partial charge in [0, 0.05) is 18.7 Å². The van der Waals surface area contributed by atoms with Gasteiger partial charge in [-0.15, -0.1) is 0 Å². The molecule has 1 saturated carbocycles. The summed E-state index contributed by atoms with van der Waals surface area (Å²) in [5.74, 6) is 1.13. The van der Waals surface area contributed by atoms with E-state index in [1.54, 1.807) is 22.8 Å². The van der Waals surface area contributed by atoms with Gasteiger partial charge in [0.1, 0.15) is 52.6 Å². The average molecular weight is 407 g/mol. The van der Waals surface area contributed by atoms with Crippen LogP contribution in [-0.4, -0.2) is 73.6 Å². The standard InChI is InChI=1S/C17H21B3FN7O2/c1-30-16-10(3-2-4-22-16)24-12-6-13(27-17(18,19)20)28-14(26-12)8(7-23-28)15(29)25-11-5-9(11)21/h2-4,6-7,9,11,27H,5,18-20H2,1H3,(H,24,26)(H,25,29)/t9-,11+/m1/s1. The maximum atomic E-state index is 13.2. The Morgan fingerprint density at radius 2 is 2.17 bits per heavy atom. The van der Waals surface area contributed by atoms with Crippen LogP contribution in [0.2, 0.25) is 0 Å². The molecular formula is C17H21B3FN7O2. The largest absolute Gasteiger partial charge is 0.480 e. The molecule has 3 aromatic heterocycles. The molecule has 3 N–H and O–H groups in total. The normalized spacial score (nSPS) is 18.1. The minimum atomic E-state index is -0.989. The van der Waals surface area contributed by atoms with Crippen LogP contribution in [-0.2, 0) is 0 Å². The van der Waals surface area contributed by atoms with Crippen LogP contribution >= 0.6 is 0 Å². The molecular weight excluding hydrogens is 386 g/mol. The minimum Gasteiger partial charge on any atom is -0.480 e. The molecule has 2 atom stereocenters. The number of carbonyl (C=O) groups is 1. The van der Waals surface area contributed by atoms with E-state index in [1.165, 1.54) is 13.3 Å². The number of halogens is 1. The van der Waals surface area contributed by atoms with Crippen LogP contribution in [0, 0.1) is 0 Å². The number of nitrogens with zero attached hydrogens (tertiary/aromatic N) is 4. The quantitative estimate of drug-likeness (QED) is 0.416. The Kier molecular flexibility index (Phi) is 5.04. The summed E-state index contributed by atoms with van der Waals surface area (Å²) in [7, 11) is 7.58. The fourth-order valence-electron chi connectivity index (χ4n) is 3.01. The van der Waals surface area contributed by atoms with Crippen molar-refractivity contribution in [2.45, 2.75) is 23.9 Å². The lowest BCUT2D eigenvalue weighted by Gasteiger charge is -2.23. The number of carbonyl (C=O) groups excluding carboxylic acids is 1. The molecule has 0 bridgehead atoms. The summed E-state index contributed by atoms with van der Waals surface area (Å²) in [4.78, 5) is 21.4. The lowest BCUT2D eigenvalue weighted by atomic mass is 9.49. The number of anilines is 3. The van der Waals surface area contributed by atoms with Gasteiger partial charge in [0.15, 0.2) is 5.65 Å². The van der Waals surface area contributed by atoms with Crippen LogP contribution in [0.25, 0.3) is 5.65 Å². The van der Waals surface area contributed by atoms with Gasteiger partial charge in [0.05, 0.1) is 19.3 Å². The van der Waals surface area contributed by atoms with Gasteiger partial charge in [0.2, 0.25) is 5.88 Å². The average Bonchev–Trinajstić information content (AvgIpc) is 3.19. The van der Waals surface area contributed by atoms with Crippen LogP contribution in [0.15, 0.2) is 30.6 Å². The van der Waals surface area contributed by atoms with Crippen molar-refractivity contribution >= 4 is 52.4 Å². The van der Waals surface area contributed by atoms with Crippen molar-refractivity contribution < 1.29 is 13.9 Å². The molecule has 1 aliphatic rings. The van der Waals surface area contributed by atoms with Crippen molar-refractivity contribution in [1.82, 2.24) is 24.9 Å². The maximum Gasteiger partial charge on any atom is 0.257 e. The second-order valence-corrected chi connectivity index (χ2v) is 8.21. The molecule has 3 aromatic rings. The van der Waals surface area contributed by atoms with E-state index in [1.807, 2.05) is 29.6 Å². The third-order valence-electron chi connectivity index (χ3n) is 4.48. The van der Waals surface area contributed by atoms with Crippen LogP contribution in [0.3, 0.4) is 0 Å². The first-order chi connectivity index (χ1) is 14.2. The highest BCUT2D eigenvalue weighted by Gasteiger charge is 2.39. The zero-order valence-electron chi connectivity index (χ0n) is 17.2. The fourth-order valence-corrected chi connectivity index (χ4v) is 3.01. The predicted molar refractivity (Wildman–Crippen MR) is 120 cm³/mol. The molecule has 9 nitrogen and oxygen atoms in total. The van der Waals surface area contributed by atoms with Crippen molar-refractivity contribution in [3.05, 3.63) is 36.2 Å². The number of amides is 1. The van der Waals surface area contributed by atoms with Crippen LogP contribution < -0.4 is 20.7 Å². The smallest absolute Gasteiger partial charge is 0.257 e. The van der Waals surface area contributed by atoms with Gasteiger partial charge in [-0.2, -0.15) is 9.61 Å². The Morgan fingerprint density at radius 1 is 1.40 bits per heavy atom. The SMILES string of the molecule is BC(B)(B)Nc1cc(Nc2cccnc2OC)nc2c(C(=O)N[C@H]3C[C@H]3F)cnn12. The summed E-state index contributed by atoms with van der Waals surface area (Å²) in [5.41, 5.74) is 1.25. The van der Waals surface area contributed by atoms with Crippen LogP contribution in [0.4, 0.5) is 21.7 Å². The monoisotopic (exact) mass is 407 g/mol. The van der Waals surface area contributed by atoms with Gasteiger partial charge in [-0.3, -0.25) is 4.79 Å². The zero-order chi connectivity index (χ0) is 21.5. The molecule has 1 amide bonds. The van der Waals surface area contributed by atoms with Gasteiger partial charge in [-0.05, 0) is 17.4 Å². The van der Waals surface area contributed by atoms with Gasteiger partial charge >= 0.3 is 0 Å². The molecule has 0 radical (unpaired) electrons. The fraction of sp³-hybridized carbons (Fsp3) is 0.294. The van der Waals surface area contributed by atoms with Gasteiger partial charge in [-0.1, -0.05) is 0 Å². The van der Waals surface area contributed by atoms with Gasteiger partial charge < -0.3 is 20.7 Å². The van der Waals surface area contributed by atoms with E-state index in [0.717, 1.165) is 0 Å². The Bertz CT molecular complexity index is 1100. The molecule has 3 heterocycles. The number of pyridine rings is 1. The van der Waals surface area contributed by atoms with E-state index in [-0.39, 0.29) is 10.8 Å². The molecule has 1 fully saturated rings. The molecule has 0 aromatic carbocycles. The van der Waals surface area contributed by atoms with Crippen molar-refractivity contribution in [2.24, 2.45) is 0 Å². The van der Waals surface area contributed by atoms with E-state index < -0.39 is 18.1 Å². The van der Waals surface area contributed by atoms with E-state index in [2.05, 4.69) is 31.0 Å². The first kappa shape index (κ1) is 20.1. The third kappa shape index (κ3) is 4.19. The van der Waals surface area contributed by atoms with Gasteiger partial charge in [0.25, 0.3) is 5.91 Å². The molecule has 13 heteroatoms. The summed E-state index contributed by atoms with van der Waals surface area (Å²) in [6, 6.07) is 4.93. The van der Waals surface area contributed by atoms with E-state index in [0.29, 0.717) is 35.3 Å². The summed E-state index contributed by atoms with van der Waals surface area (Å²) >= 11 is 0. The molecule has 152 valence electrons. The number of methoxy groups -OCH3 is 1. The molecule has 0 aliphatic heterocycles. The van der Waals surface area contributed by atoms with E-state index in [4.69, 9.17) is 4.74 Å². The predicted octanol–water partition coefficient (Wildman–Crippen LogP) is -1.36. The Morgan fingerprint density at radius 3 is 2.83 bits per heavy atom. The summed E-state index contributed by atoms with van der Waals surface area (Å²) in [6.45, 7) is 0. The molecule has 4 rings (SSSR count). The van der Waals surface area contributed by atoms with Crippen molar-refractivity contribution in [3.63, 3.8) is 0 Å². The number of aromatic nitrogens is 4. The van der Waals surface area contributed by atoms with Crippen molar-refractivity contribution in [1.29, 1.82) is 0 Å². The highest BCUT2D eigenvalue weighted by Crippen LogP contribution is 2.28. The topological polar surface area (TPSA) is 105 Å². The number of alkyl halides is 1. The minimum absolute atomic E-state index is 0.263.